The molecule has 0 bridgehead atoms. The van der Waals surface area contributed by atoms with E-state index in [1.165, 1.54) is 32.1 Å². The van der Waals surface area contributed by atoms with Gasteiger partial charge in [0.1, 0.15) is 5.60 Å². The van der Waals surface area contributed by atoms with E-state index in [1.807, 2.05) is 6.92 Å². The molecule has 0 amide bonds. The molecule has 1 saturated heterocycles. The van der Waals surface area contributed by atoms with Crippen LogP contribution in [0, 0.1) is 11.8 Å². The molecule has 0 aromatic heterocycles. The van der Waals surface area contributed by atoms with Gasteiger partial charge in [0.05, 0.1) is 6.10 Å². The van der Waals surface area contributed by atoms with Crippen LogP contribution in [0.25, 0.3) is 0 Å². The lowest BCUT2D eigenvalue weighted by molar-refractivity contribution is -0.0287. The molecule has 0 radical (unpaired) electrons. The second-order valence-electron chi connectivity index (χ2n) is 7.11. The van der Waals surface area contributed by atoms with Crippen LogP contribution >= 0.6 is 0 Å². The third kappa shape index (κ3) is 4.17. The number of rotatable bonds is 5. The Balaban J connectivity index is 1.76. The van der Waals surface area contributed by atoms with Crippen molar-refractivity contribution in [1.82, 2.24) is 5.32 Å². The van der Waals surface area contributed by atoms with Crippen LogP contribution in [0.5, 0.6) is 0 Å². The number of aliphatic hydroxyl groups is 1. The normalized spacial score (nSPS) is 39.9. The third-order valence-electron chi connectivity index (χ3n) is 4.94. The van der Waals surface area contributed by atoms with Crippen LogP contribution in [0.3, 0.4) is 0 Å². The van der Waals surface area contributed by atoms with Gasteiger partial charge in [-0.15, -0.1) is 0 Å². The minimum Gasteiger partial charge on any atom is -0.386 e. The van der Waals surface area contributed by atoms with Gasteiger partial charge in [0.25, 0.3) is 0 Å². The zero-order chi connectivity index (χ0) is 13.9. The average Bonchev–Trinajstić information content (AvgIpc) is 2.68. The lowest BCUT2D eigenvalue weighted by atomic mass is 9.81. The van der Waals surface area contributed by atoms with Gasteiger partial charge in [0, 0.05) is 25.6 Å². The van der Waals surface area contributed by atoms with Gasteiger partial charge in [-0.3, -0.25) is 0 Å². The van der Waals surface area contributed by atoms with Crippen molar-refractivity contribution < 1.29 is 9.84 Å². The first kappa shape index (κ1) is 15.3. The second kappa shape index (κ2) is 6.55. The van der Waals surface area contributed by atoms with Gasteiger partial charge in [-0.2, -0.15) is 0 Å². The van der Waals surface area contributed by atoms with Crippen LogP contribution in [0.2, 0.25) is 0 Å². The van der Waals surface area contributed by atoms with Crippen molar-refractivity contribution in [2.75, 3.05) is 13.2 Å². The van der Waals surface area contributed by atoms with Gasteiger partial charge in [-0.05, 0) is 38.0 Å². The summed E-state index contributed by atoms with van der Waals surface area (Å²) in [4.78, 5) is 0. The van der Waals surface area contributed by atoms with Crippen molar-refractivity contribution in [3.8, 4) is 0 Å². The van der Waals surface area contributed by atoms with Crippen LogP contribution < -0.4 is 5.32 Å². The Morgan fingerprint density at radius 1 is 1.37 bits per heavy atom. The van der Waals surface area contributed by atoms with E-state index < -0.39 is 5.60 Å². The summed E-state index contributed by atoms with van der Waals surface area (Å²) in [6.07, 6.45) is 7.35. The van der Waals surface area contributed by atoms with Crippen molar-refractivity contribution >= 4 is 0 Å². The predicted molar refractivity (Wildman–Crippen MR) is 78.2 cm³/mol. The fourth-order valence-corrected chi connectivity index (χ4v) is 3.68. The van der Waals surface area contributed by atoms with Gasteiger partial charge in [-0.1, -0.05) is 26.7 Å². The molecule has 1 aliphatic heterocycles. The summed E-state index contributed by atoms with van der Waals surface area (Å²) in [5.74, 6) is 1.68. The van der Waals surface area contributed by atoms with E-state index in [9.17, 15) is 5.11 Å². The topological polar surface area (TPSA) is 41.5 Å². The van der Waals surface area contributed by atoms with E-state index in [0.717, 1.165) is 18.3 Å². The van der Waals surface area contributed by atoms with Gasteiger partial charge in [0.15, 0.2) is 0 Å². The standard InChI is InChI=1S/C16H31NO2/c1-12(2)9-14-5-4-6-15(10-14)17-11-16(18)7-8-19-13(16)3/h12-15,17-18H,4-11H2,1-3H3. The van der Waals surface area contributed by atoms with E-state index in [0.29, 0.717) is 19.2 Å². The Bertz CT molecular complexity index is 282. The van der Waals surface area contributed by atoms with Gasteiger partial charge in [-0.25, -0.2) is 0 Å². The van der Waals surface area contributed by atoms with Crippen LogP contribution in [0.15, 0.2) is 0 Å². The maximum Gasteiger partial charge on any atom is 0.105 e. The van der Waals surface area contributed by atoms with Crippen LogP contribution in [0.4, 0.5) is 0 Å². The summed E-state index contributed by atoms with van der Waals surface area (Å²) in [6, 6.07) is 0.592. The maximum absolute atomic E-state index is 10.5. The van der Waals surface area contributed by atoms with Crippen molar-refractivity contribution in [3.05, 3.63) is 0 Å². The molecule has 4 atom stereocenters. The molecule has 1 saturated carbocycles. The van der Waals surface area contributed by atoms with Gasteiger partial charge in [0.2, 0.25) is 0 Å². The molecule has 2 aliphatic rings. The van der Waals surface area contributed by atoms with Crippen molar-refractivity contribution in [1.29, 1.82) is 0 Å². The van der Waals surface area contributed by atoms with Crippen LogP contribution in [0.1, 0.15) is 59.3 Å². The van der Waals surface area contributed by atoms with Crippen molar-refractivity contribution in [2.45, 2.75) is 77.0 Å². The molecule has 3 nitrogen and oxygen atoms in total. The molecule has 2 N–H and O–H groups in total. The monoisotopic (exact) mass is 269 g/mol. The Hall–Kier alpha value is -0.120. The quantitative estimate of drug-likeness (QED) is 0.806. The first-order valence-electron chi connectivity index (χ1n) is 8.07. The highest BCUT2D eigenvalue weighted by Gasteiger charge is 2.39. The Labute approximate surface area is 118 Å². The van der Waals surface area contributed by atoms with E-state index in [1.54, 1.807) is 0 Å². The molecule has 0 aromatic carbocycles. The summed E-state index contributed by atoms with van der Waals surface area (Å²) in [5, 5.41) is 14.1. The molecule has 2 fully saturated rings. The minimum absolute atomic E-state index is 0.0324. The first-order chi connectivity index (χ1) is 8.99. The fraction of sp³-hybridized carbons (Fsp3) is 1.00. The predicted octanol–water partition coefficient (Wildman–Crippen LogP) is 2.72. The summed E-state index contributed by atoms with van der Waals surface area (Å²) in [6.45, 7) is 8.00. The number of hydrogen-bond acceptors (Lipinski definition) is 3. The Kier molecular flexibility index (Phi) is 5.27. The molecule has 19 heavy (non-hydrogen) atoms. The van der Waals surface area contributed by atoms with Gasteiger partial charge < -0.3 is 15.2 Å². The SMILES string of the molecule is CC(C)CC1CCCC(NCC2(O)CCOC2C)C1. The van der Waals surface area contributed by atoms with Crippen molar-refractivity contribution in [2.24, 2.45) is 11.8 Å². The Morgan fingerprint density at radius 3 is 2.79 bits per heavy atom. The zero-order valence-electron chi connectivity index (χ0n) is 12.8. The highest BCUT2D eigenvalue weighted by molar-refractivity contribution is 4.93. The summed E-state index contributed by atoms with van der Waals surface area (Å²) in [5.41, 5.74) is -0.648. The molecular weight excluding hydrogens is 238 g/mol. The summed E-state index contributed by atoms with van der Waals surface area (Å²) >= 11 is 0. The van der Waals surface area contributed by atoms with E-state index in [2.05, 4.69) is 19.2 Å². The molecule has 0 aromatic rings. The van der Waals surface area contributed by atoms with Crippen molar-refractivity contribution in [3.63, 3.8) is 0 Å². The smallest absolute Gasteiger partial charge is 0.105 e. The molecular formula is C16H31NO2. The lowest BCUT2D eigenvalue weighted by Gasteiger charge is -2.34. The molecule has 0 spiro atoms. The molecule has 1 aliphatic carbocycles. The second-order valence-corrected chi connectivity index (χ2v) is 7.11. The number of nitrogens with one attached hydrogen (secondary N) is 1. The zero-order valence-corrected chi connectivity index (χ0v) is 12.8. The summed E-state index contributed by atoms with van der Waals surface area (Å²) in [7, 11) is 0. The highest BCUT2D eigenvalue weighted by Crippen LogP contribution is 2.30. The lowest BCUT2D eigenvalue weighted by Crippen LogP contribution is -2.49. The number of ether oxygens (including phenoxy) is 1. The van der Waals surface area contributed by atoms with Crippen LogP contribution in [-0.4, -0.2) is 36.0 Å². The summed E-state index contributed by atoms with van der Waals surface area (Å²) < 4.78 is 5.49. The van der Waals surface area contributed by atoms with Gasteiger partial charge >= 0.3 is 0 Å². The third-order valence-corrected chi connectivity index (χ3v) is 4.94. The fourth-order valence-electron chi connectivity index (χ4n) is 3.68. The highest BCUT2D eigenvalue weighted by atomic mass is 16.5. The van der Waals surface area contributed by atoms with E-state index in [4.69, 9.17) is 4.74 Å². The number of hydrogen-bond donors (Lipinski definition) is 2. The molecule has 3 heteroatoms. The van der Waals surface area contributed by atoms with E-state index >= 15 is 0 Å². The largest absolute Gasteiger partial charge is 0.386 e. The Morgan fingerprint density at radius 2 is 2.16 bits per heavy atom. The molecule has 4 unspecified atom stereocenters. The van der Waals surface area contributed by atoms with Crippen LogP contribution in [-0.2, 0) is 4.74 Å². The average molecular weight is 269 g/mol. The minimum atomic E-state index is -0.648. The molecule has 112 valence electrons. The molecule has 2 rings (SSSR count). The van der Waals surface area contributed by atoms with E-state index in [-0.39, 0.29) is 6.10 Å². The maximum atomic E-state index is 10.5. The molecule has 1 heterocycles. The first-order valence-corrected chi connectivity index (χ1v) is 8.07.